The number of carbonyl (C=O) groups excluding carboxylic acids is 1. The molecule has 1 saturated heterocycles. The average Bonchev–Trinajstić information content (AvgIpc) is 2.85. The van der Waals surface area contributed by atoms with Crippen LogP contribution in [0.1, 0.15) is 22.3 Å². The van der Waals surface area contributed by atoms with Crippen LogP contribution >= 0.6 is 15.9 Å². The second kappa shape index (κ2) is 5.69. The zero-order valence-electron chi connectivity index (χ0n) is 10.6. The van der Waals surface area contributed by atoms with Gasteiger partial charge in [-0.2, -0.15) is 0 Å². The van der Waals surface area contributed by atoms with Crippen molar-refractivity contribution in [3.05, 3.63) is 39.4 Å². The van der Waals surface area contributed by atoms with Gasteiger partial charge in [-0.3, -0.25) is 14.9 Å². The molecule has 1 atom stereocenters. The first-order chi connectivity index (χ1) is 9.04. The van der Waals surface area contributed by atoms with Gasteiger partial charge in [-0.15, -0.1) is 0 Å². The number of benzene rings is 1. The molecule has 0 aliphatic carbocycles. The summed E-state index contributed by atoms with van der Waals surface area (Å²) < 4.78 is 0. The van der Waals surface area contributed by atoms with Crippen LogP contribution in [0.4, 0.5) is 5.69 Å². The molecule has 1 fully saturated rings. The van der Waals surface area contributed by atoms with Crippen molar-refractivity contribution in [2.24, 2.45) is 5.92 Å². The predicted octanol–water partition coefficient (Wildman–Crippen LogP) is 2.76. The van der Waals surface area contributed by atoms with E-state index in [1.54, 1.807) is 24.0 Å². The van der Waals surface area contributed by atoms with E-state index in [4.69, 9.17) is 0 Å². The smallest absolute Gasteiger partial charge is 0.285 e. The van der Waals surface area contributed by atoms with E-state index in [1.807, 2.05) is 0 Å². The van der Waals surface area contributed by atoms with Gasteiger partial charge in [0.2, 0.25) is 0 Å². The van der Waals surface area contributed by atoms with E-state index >= 15 is 0 Å². The molecule has 1 aliphatic heterocycles. The summed E-state index contributed by atoms with van der Waals surface area (Å²) in [5, 5.41) is 12.0. The van der Waals surface area contributed by atoms with E-state index in [-0.39, 0.29) is 17.2 Å². The van der Waals surface area contributed by atoms with Crippen molar-refractivity contribution in [2.75, 3.05) is 18.4 Å². The van der Waals surface area contributed by atoms with E-state index in [9.17, 15) is 14.9 Å². The van der Waals surface area contributed by atoms with Crippen LogP contribution in [0.15, 0.2) is 18.2 Å². The van der Waals surface area contributed by atoms with Crippen LogP contribution in [0.25, 0.3) is 0 Å². The summed E-state index contributed by atoms with van der Waals surface area (Å²) in [5.74, 6) is 0.201. The van der Waals surface area contributed by atoms with Gasteiger partial charge in [-0.1, -0.05) is 28.1 Å². The fourth-order valence-electron chi connectivity index (χ4n) is 2.39. The fraction of sp³-hybridized carbons (Fsp3) is 0.462. The van der Waals surface area contributed by atoms with Crippen molar-refractivity contribution >= 4 is 27.5 Å². The lowest BCUT2D eigenvalue weighted by atomic mass is 10.1. The van der Waals surface area contributed by atoms with E-state index in [0.29, 0.717) is 24.6 Å². The Morgan fingerprint density at radius 2 is 2.32 bits per heavy atom. The van der Waals surface area contributed by atoms with Crippen molar-refractivity contribution in [3.63, 3.8) is 0 Å². The number of carbonyl (C=O) groups is 1. The van der Waals surface area contributed by atoms with Crippen molar-refractivity contribution < 1.29 is 9.72 Å². The molecule has 6 heteroatoms. The molecule has 2 rings (SSSR count). The molecule has 0 saturated carbocycles. The number of halogens is 1. The van der Waals surface area contributed by atoms with Gasteiger partial charge in [-0.05, 0) is 25.3 Å². The van der Waals surface area contributed by atoms with Crippen molar-refractivity contribution in [2.45, 2.75) is 13.3 Å². The molecule has 1 amide bonds. The van der Waals surface area contributed by atoms with E-state index < -0.39 is 4.92 Å². The zero-order chi connectivity index (χ0) is 14.0. The normalized spacial score (nSPS) is 18.6. The highest BCUT2D eigenvalue weighted by molar-refractivity contribution is 9.09. The molecule has 19 heavy (non-hydrogen) atoms. The minimum atomic E-state index is -0.472. The topological polar surface area (TPSA) is 63.5 Å². The number of hydrogen-bond acceptors (Lipinski definition) is 3. The number of rotatable bonds is 3. The Hall–Kier alpha value is -1.43. The van der Waals surface area contributed by atoms with Gasteiger partial charge in [-0.25, -0.2) is 0 Å². The minimum Gasteiger partial charge on any atom is -0.338 e. The number of alkyl halides is 1. The first kappa shape index (κ1) is 14.0. The molecule has 5 nitrogen and oxygen atoms in total. The second-order valence-corrected chi connectivity index (χ2v) is 5.44. The molecule has 1 aliphatic rings. The predicted molar refractivity (Wildman–Crippen MR) is 75.6 cm³/mol. The van der Waals surface area contributed by atoms with Crippen LogP contribution in [0.3, 0.4) is 0 Å². The van der Waals surface area contributed by atoms with Gasteiger partial charge >= 0.3 is 0 Å². The van der Waals surface area contributed by atoms with Gasteiger partial charge in [0.05, 0.1) is 4.92 Å². The lowest BCUT2D eigenvalue weighted by Gasteiger charge is -2.16. The van der Waals surface area contributed by atoms with E-state index in [0.717, 1.165) is 11.8 Å². The molecule has 0 bridgehead atoms. The highest BCUT2D eigenvalue weighted by Crippen LogP contribution is 2.27. The van der Waals surface area contributed by atoms with Gasteiger partial charge in [0, 0.05) is 24.0 Å². The molecule has 0 spiro atoms. The molecule has 1 aromatic carbocycles. The van der Waals surface area contributed by atoms with Crippen LogP contribution in [0, 0.1) is 23.0 Å². The van der Waals surface area contributed by atoms with E-state index in [1.165, 1.54) is 6.07 Å². The average molecular weight is 327 g/mol. The van der Waals surface area contributed by atoms with Crippen LogP contribution in [0.2, 0.25) is 0 Å². The zero-order valence-corrected chi connectivity index (χ0v) is 12.2. The molecule has 0 radical (unpaired) electrons. The Morgan fingerprint density at radius 1 is 1.58 bits per heavy atom. The molecule has 1 aromatic rings. The summed E-state index contributed by atoms with van der Waals surface area (Å²) >= 11 is 3.41. The highest BCUT2D eigenvalue weighted by atomic mass is 79.9. The number of likely N-dealkylation sites (tertiary alicyclic amines) is 1. The maximum absolute atomic E-state index is 12.4. The molecule has 1 heterocycles. The summed E-state index contributed by atoms with van der Waals surface area (Å²) in [6, 6.07) is 4.88. The summed E-state index contributed by atoms with van der Waals surface area (Å²) in [5.41, 5.74) is 0.641. The third-order valence-electron chi connectivity index (χ3n) is 3.44. The number of amides is 1. The Bertz CT molecular complexity index is 519. The van der Waals surface area contributed by atoms with Crippen LogP contribution < -0.4 is 0 Å². The maximum Gasteiger partial charge on any atom is 0.285 e. The summed E-state index contributed by atoms with van der Waals surface area (Å²) in [4.78, 5) is 24.7. The summed E-state index contributed by atoms with van der Waals surface area (Å²) in [7, 11) is 0. The highest BCUT2D eigenvalue weighted by Gasteiger charge is 2.30. The molecular weight excluding hydrogens is 312 g/mol. The third kappa shape index (κ3) is 2.78. The third-order valence-corrected chi connectivity index (χ3v) is 4.36. The lowest BCUT2D eigenvalue weighted by Crippen LogP contribution is -2.29. The van der Waals surface area contributed by atoms with Crippen molar-refractivity contribution in [3.8, 4) is 0 Å². The number of nitro benzene ring substituents is 1. The van der Waals surface area contributed by atoms with Crippen LogP contribution in [-0.4, -0.2) is 34.2 Å². The SMILES string of the molecule is Cc1cccc(C(=O)N2CCC(CBr)C2)c1[N+](=O)[O-]. The van der Waals surface area contributed by atoms with Gasteiger partial charge in [0.15, 0.2) is 0 Å². The Morgan fingerprint density at radius 3 is 2.89 bits per heavy atom. The molecule has 1 unspecified atom stereocenters. The quantitative estimate of drug-likeness (QED) is 0.487. The second-order valence-electron chi connectivity index (χ2n) is 4.79. The number of para-hydroxylation sites is 1. The molecular formula is C13H15BrN2O3. The van der Waals surface area contributed by atoms with Crippen LogP contribution in [-0.2, 0) is 0 Å². The molecule has 0 N–H and O–H groups in total. The Kier molecular flexibility index (Phi) is 4.19. The van der Waals surface area contributed by atoms with Crippen molar-refractivity contribution in [1.29, 1.82) is 0 Å². The number of hydrogen-bond donors (Lipinski definition) is 0. The lowest BCUT2D eigenvalue weighted by molar-refractivity contribution is -0.385. The van der Waals surface area contributed by atoms with Gasteiger partial charge in [0.25, 0.3) is 11.6 Å². The minimum absolute atomic E-state index is 0.0743. The largest absolute Gasteiger partial charge is 0.338 e. The number of nitrogens with zero attached hydrogens (tertiary/aromatic N) is 2. The first-order valence-corrected chi connectivity index (χ1v) is 7.26. The van der Waals surface area contributed by atoms with Gasteiger partial charge in [0.1, 0.15) is 5.56 Å². The summed E-state index contributed by atoms with van der Waals surface area (Å²) in [6.45, 7) is 2.98. The van der Waals surface area contributed by atoms with Gasteiger partial charge < -0.3 is 4.90 Å². The fourth-order valence-corrected chi connectivity index (χ4v) is 2.92. The molecule has 102 valence electrons. The standard InChI is InChI=1S/C13H15BrN2O3/c1-9-3-2-4-11(12(9)16(18)19)13(17)15-6-5-10(7-14)8-15/h2-4,10H,5-8H2,1H3. The van der Waals surface area contributed by atoms with Crippen molar-refractivity contribution in [1.82, 2.24) is 4.90 Å². The number of aryl methyl sites for hydroxylation is 1. The molecule has 0 aromatic heterocycles. The Labute approximate surface area is 119 Å². The van der Waals surface area contributed by atoms with E-state index in [2.05, 4.69) is 15.9 Å². The Balaban J connectivity index is 2.30. The summed E-state index contributed by atoms with van der Waals surface area (Å²) in [6.07, 6.45) is 0.941. The monoisotopic (exact) mass is 326 g/mol. The maximum atomic E-state index is 12.4. The van der Waals surface area contributed by atoms with Crippen LogP contribution in [0.5, 0.6) is 0 Å². The first-order valence-electron chi connectivity index (χ1n) is 6.13. The number of nitro groups is 1.